The summed E-state index contributed by atoms with van der Waals surface area (Å²) >= 11 is 5.57. The topological polar surface area (TPSA) is 65.8 Å². The Balaban J connectivity index is 3.65. The summed E-state index contributed by atoms with van der Waals surface area (Å²) in [5.41, 5.74) is 8.13. The SMILES string of the molecule is CC(/C=C\CCCCN=[N+]=[N-])C/C=C/C(=O)CCCCCl. The number of alkyl halides is 1. The third-order valence-electron chi connectivity index (χ3n) is 3.03. The Hall–Kier alpha value is -1.25. The highest BCUT2D eigenvalue weighted by Crippen LogP contribution is 2.08. The smallest absolute Gasteiger partial charge is 0.155 e. The van der Waals surface area contributed by atoms with Crippen LogP contribution in [0.1, 0.15) is 51.9 Å². The molecule has 0 spiro atoms. The predicted octanol–water partition coefficient (Wildman–Crippen LogP) is 5.58. The summed E-state index contributed by atoms with van der Waals surface area (Å²) in [6.07, 6.45) is 14.2. The Morgan fingerprint density at radius 1 is 1.29 bits per heavy atom. The molecule has 0 rings (SSSR count). The molecule has 5 heteroatoms. The van der Waals surface area contributed by atoms with Gasteiger partial charge in [0, 0.05) is 23.8 Å². The van der Waals surface area contributed by atoms with Crippen LogP contribution in [-0.4, -0.2) is 18.2 Å². The van der Waals surface area contributed by atoms with E-state index in [-0.39, 0.29) is 5.78 Å². The molecule has 0 aliphatic carbocycles. The van der Waals surface area contributed by atoms with Gasteiger partial charge in [0.2, 0.25) is 0 Å². The molecule has 0 bridgehead atoms. The average molecular weight is 312 g/mol. The zero-order valence-electron chi connectivity index (χ0n) is 12.9. The first-order valence-corrected chi connectivity index (χ1v) is 8.17. The molecule has 0 aromatic rings. The van der Waals surface area contributed by atoms with Crippen LogP contribution >= 0.6 is 11.6 Å². The number of hydrogen-bond donors (Lipinski definition) is 0. The molecule has 118 valence electrons. The maximum atomic E-state index is 11.5. The molecule has 0 saturated carbocycles. The van der Waals surface area contributed by atoms with E-state index in [1.54, 1.807) is 6.08 Å². The zero-order chi connectivity index (χ0) is 15.8. The lowest BCUT2D eigenvalue weighted by atomic mass is 10.1. The highest BCUT2D eigenvalue weighted by Gasteiger charge is 1.97. The number of carbonyl (C=O) groups excluding carboxylic acids is 1. The van der Waals surface area contributed by atoms with Crippen LogP contribution < -0.4 is 0 Å². The number of nitrogens with zero attached hydrogens (tertiary/aromatic N) is 3. The van der Waals surface area contributed by atoms with Crippen LogP contribution in [0.25, 0.3) is 10.4 Å². The predicted molar refractivity (Wildman–Crippen MR) is 89.5 cm³/mol. The Labute approximate surface area is 132 Å². The molecule has 1 unspecified atom stereocenters. The highest BCUT2D eigenvalue weighted by molar-refractivity contribution is 6.17. The maximum absolute atomic E-state index is 11.5. The molecule has 0 aromatic carbocycles. The van der Waals surface area contributed by atoms with Gasteiger partial charge in [-0.2, -0.15) is 0 Å². The molecule has 0 aliphatic heterocycles. The molecule has 1 atom stereocenters. The number of azide groups is 1. The normalized spacial score (nSPS) is 12.7. The van der Waals surface area contributed by atoms with E-state index in [1.807, 2.05) is 6.08 Å². The molecule has 0 aromatic heterocycles. The largest absolute Gasteiger partial charge is 0.295 e. The number of allylic oxidation sites excluding steroid dienone is 4. The fourth-order valence-corrected chi connectivity index (χ4v) is 1.98. The number of ketones is 1. The lowest BCUT2D eigenvalue weighted by Crippen LogP contribution is -1.93. The van der Waals surface area contributed by atoms with Crippen molar-refractivity contribution in [2.75, 3.05) is 12.4 Å². The van der Waals surface area contributed by atoms with Crippen molar-refractivity contribution in [1.29, 1.82) is 0 Å². The van der Waals surface area contributed by atoms with Gasteiger partial charge in [-0.25, -0.2) is 0 Å². The van der Waals surface area contributed by atoms with Crippen molar-refractivity contribution in [3.8, 4) is 0 Å². The van der Waals surface area contributed by atoms with Crippen LogP contribution in [0.3, 0.4) is 0 Å². The van der Waals surface area contributed by atoms with E-state index in [0.717, 1.165) is 38.5 Å². The van der Waals surface area contributed by atoms with Crippen molar-refractivity contribution in [2.45, 2.75) is 51.9 Å². The summed E-state index contributed by atoms with van der Waals surface area (Å²) in [6.45, 7) is 2.72. The Bertz CT molecular complexity index is 374. The van der Waals surface area contributed by atoms with Gasteiger partial charge >= 0.3 is 0 Å². The van der Waals surface area contributed by atoms with Crippen LogP contribution in [0.5, 0.6) is 0 Å². The van der Waals surface area contributed by atoms with Gasteiger partial charge in [0.1, 0.15) is 0 Å². The first-order chi connectivity index (χ1) is 10.2. The van der Waals surface area contributed by atoms with Gasteiger partial charge in [0.25, 0.3) is 0 Å². The van der Waals surface area contributed by atoms with Crippen molar-refractivity contribution in [1.82, 2.24) is 0 Å². The molecule has 0 aliphatic rings. The van der Waals surface area contributed by atoms with Crippen LogP contribution in [0.15, 0.2) is 29.4 Å². The minimum absolute atomic E-state index is 0.189. The van der Waals surface area contributed by atoms with E-state index in [1.165, 1.54) is 0 Å². The van der Waals surface area contributed by atoms with Crippen molar-refractivity contribution >= 4 is 17.4 Å². The van der Waals surface area contributed by atoms with Gasteiger partial charge in [-0.05, 0) is 56.0 Å². The monoisotopic (exact) mass is 311 g/mol. The third kappa shape index (κ3) is 15.0. The second kappa shape index (κ2) is 15.1. The van der Waals surface area contributed by atoms with E-state index < -0.39 is 0 Å². The van der Waals surface area contributed by atoms with E-state index in [0.29, 0.717) is 24.8 Å². The van der Waals surface area contributed by atoms with Crippen molar-refractivity contribution < 1.29 is 4.79 Å². The first-order valence-electron chi connectivity index (χ1n) is 7.63. The lowest BCUT2D eigenvalue weighted by Gasteiger charge is -2.01. The molecule has 0 heterocycles. The number of unbranched alkanes of at least 4 members (excludes halogenated alkanes) is 3. The lowest BCUT2D eigenvalue weighted by molar-refractivity contribution is -0.114. The molecule has 0 amide bonds. The molecular weight excluding hydrogens is 286 g/mol. The van der Waals surface area contributed by atoms with E-state index in [4.69, 9.17) is 17.1 Å². The van der Waals surface area contributed by atoms with E-state index in [9.17, 15) is 4.79 Å². The number of halogens is 1. The number of hydrogen-bond acceptors (Lipinski definition) is 2. The number of carbonyl (C=O) groups is 1. The maximum Gasteiger partial charge on any atom is 0.155 e. The first kappa shape index (κ1) is 19.8. The minimum atomic E-state index is 0.189. The van der Waals surface area contributed by atoms with Gasteiger partial charge < -0.3 is 0 Å². The summed E-state index contributed by atoms with van der Waals surface area (Å²) in [5.74, 6) is 1.25. The molecule has 0 saturated heterocycles. The average Bonchev–Trinajstić information content (AvgIpc) is 2.46. The second-order valence-electron chi connectivity index (χ2n) is 5.11. The fraction of sp³-hybridized carbons (Fsp3) is 0.688. The molecule has 0 N–H and O–H groups in total. The molecule has 0 fully saturated rings. The Kier molecular flexibility index (Phi) is 14.2. The summed E-state index contributed by atoms with van der Waals surface area (Å²) in [4.78, 5) is 14.2. The molecule has 0 radical (unpaired) electrons. The van der Waals surface area contributed by atoms with Gasteiger partial charge in [-0.3, -0.25) is 4.79 Å². The van der Waals surface area contributed by atoms with E-state index in [2.05, 4.69) is 29.1 Å². The summed E-state index contributed by atoms with van der Waals surface area (Å²) in [5, 5.41) is 3.50. The number of rotatable bonds is 13. The molecular formula is C16H26ClN3O. The van der Waals surface area contributed by atoms with Gasteiger partial charge in [-0.15, -0.1) is 11.6 Å². The standard InChI is InChI=1S/C16H26ClN3O/c1-15(9-4-2-3-7-14-19-20-18)10-8-12-16(21)11-5-6-13-17/h4,8-9,12,15H,2-3,5-7,10-11,13-14H2,1H3/b9-4-,12-8+. The quantitative estimate of drug-likeness (QED) is 0.0832. The molecule has 21 heavy (non-hydrogen) atoms. The zero-order valence-corrected chi connectivity index (χ0v) is 13.6. The minimum Gasteiger partial charge on any atom is -0.295 e. The van der Waals surface area contributed by atoms with Gasteiger partial charge in [0.15, 0.2) is 5.78 Å². The Morgan fingerprint density at radius 3 is 2.81 bits per heavy atom. The van der Waals surface area contributed by atoms with Crippen LogP contribution in [0, 0.1) is 5.92 Å². The van der Waals surface area contributed by atoms with E-state index >= 15 is 0 Å². The highest BCUT2D eigenvalue weighted by atomic mass is 35.5. The summed E-state index contributed by atoms with van der Waals surface area (Å²) in [7, 11) is 0. The summed E-state index contributed by atoms with van der Waals surface area (Å²) < 4.78 is 0. The van der Waals surface area contributed by atoms with Gasteiger partial charge in [-0.1, -0.05) is 30.3 Å². The van der Waals surface area contributed by atoms with Crippen molar-refractivity contribution in [2.24, 2.45) is 11.0 Å². The van der Waals surface area contributed by atoms with Crippen molar-refractivity contribution in [3.05, 3.63) is 34.7 Å². The molecule has 4 nitrogen and oxygen atoms in total. The Morgan fingerprint density at radius 2 is 2.10 bits per heavy atom. The van der Waals surface area contributed by atoms with Crippen molar-refractivity contribution in [3.63, 3.8) is 0 Å². The van der Waals surface area contributed by atoms with Crippen LogP contribution in [0.2, 0.25) is 0 Å². The van der Waals surface area contributed by atoms with Gasteiger partial charge in [0.05, 0.1) is 0 Å². The fourth-order valence-electron chi connectivity index (χ4n) is 1.79. The van der Waals surface area contributed by atoms with Crippen LogP contribution in [0.4, 0.5) is 0 Å². The third-order valence-corrected chi connectivity index (χ3v) is 3.29. The van der Waals surface area contributed by atoms with Crippen LogP contribution in [-0.2, 0) is 4.79 Å². The second-order valence-corrected chi connectivity index (χ2v) is 5.48. The summed E-state index contributed by atoms with van der Waals surface area (Å²) in [6, 6.07) is 0.